The van der Waals surface area contributed by atoms with Gasteiger partial charge in [0.15, 0.2) is 0 Å². The number of hydrogen-bond acceptors (Lipinski definition) is 3. The highest BCUT2D eigenvalue weighted by Crippen LogP contribution is 2.31. The number of anilines is 1. The van der Waals surface area contributed by atoms with E-state index >= 15 is 0 Å². The van der Waals surface area contributed by atoms with Gasteiger partial charge in [0.25, 0.3) is 0 Å². The molecule has 0 aromatic heterocycles. The van der Waals surface area contributed by atoms with Crippen LogP contribution in [0.1, 0.15) is 19.8 Å². The van der Waals surface area contributed by atoms with Gasteiger partial charge in [0.05, 0.1) is 5.02 Å². The molecular weight excluding hydrogens is 438 g/mol. The number of benzene rings is 2. The molecule has 0 saturated carbocycles. The Kier molecular flexibility index (Phi) is 6.83. The van der Waals surface area contributed by atoms with Gasteiger partial charge in [-0.1, -0.05) is 23.2 Å². The summed E-state index contributed by atoms with van der Waals surface area (Å²) in [6, 6.07) is 10.1. The van der Waals surface area contributed by atoms with Crippen LogP contribution in [0.2, 0.25) is 10.0 Å². The summed E-state index contributed by atoms with van der Waals surface area (Å²) in [5.74, 6) is -0.756. The number of amides is 1. The number of hydrogen-bond donors (Lipinski definition) is 0. The van der Waals surface area contributed by atoms with Crippen LogP contribution in [0, 0.1) is 11.7 Å². The predicted molar refractivity (Wildman–Crippen MR) is 112 cm³/mol. The number of rotatable bonds is 5. The van der Waals surface area contributed by atoms with Crippen LogP contribution in [0.4, 0.5) is 10.1 Å². The highest BCUT2D eigenvalue weighted by Gasteiger charge is 2.34. The van der Waals surface area contributed by atoms with E-state index in [9.17, 15) is 17.6 Å². The SMILES string of the molecule is CCN(C(=O)C1CCN(S(=O)(=O)c2cc(Cl)ccc2Cl)CC1)c1ccc(F)cc1. The minimum absolute atomic E-state index is 0.0297. The van der Waals surface area contributed by atoms with Crippen molar-refractivity contribution < 1.29 is 17.6 Å². The summed E-state index contributed by atoms with van der Waals surface area (Å²) in [4.78, 5) is 14.5. The monoisotopic (exact) mass is 458 g/mol. The standard InChI is InChI=1S/C20H21Cl2FN2O3S/c1-2-25(17-6-4-16(23)5-7-17)20(26)14-9-11-24(12-10-14)29(27,28)19-13-15(21)3-8-18(19)22/h3-8,13-14H,2,9-12H2,1H3. The van der Waals surface area contributed by atoms with Gasteiger partial charge in [0.2, 0.25) is 15.9 Å². The molecule has 2 aromatic carbocycles. The third kappa shape index (κ3) is 4.74. The molecule has 3 rings (SSSR count). The molecule has 0 N–H and O–H groups in total. The van der Waals surface area contributed by atoms with Gasteiger partial charge in [-0.2, -0.15) is 4.31 Å². The van der Waals surface area contributed by atoms with Gasteiger partial charge in [-0.3, -0.25) is 4.79 Å². The van der Waals surface area contributed by atoms with Gasteiger partial charge in [0, 0.05) is 36.3 Å². The first-order valence-electron chi connectivity index (χ1n) is 9.26. The lowest BCUT2D eigenvalue weighted by molar-refractivity contribution is -0.123. The van der Waals surface area contributed by atoms with Crippen LogP contribution in [0.5, 0.6) is 0 Å². The van der Waals surface area contributed by atoms with Crippen molar-refractivity contribution in [2.24, 2.45) is 5.92 Å². The second-order valence-corrected chi connectivity index (χ2v) is 9.56. The number of carbonyl (C=O) groups is 1. The Hall–Kier alpha value is -1.67. The Balaban J connectivity index is 1.71. The van der Waals surface area contributed by atoms with E-state index in [-0.39, 0.29) is 45.7 Å². The van der Waals surface area contributed by atoms with E-state index in [2.05, 4.69) is 0 Å². The van der Waals surface area contributed by atoms with Crippen LogP contribution in [0.3, 0.4) is 0 Å². The normalized spacial score (nSPS) is 16.0. The Morgan fingerprint density at radius 1 is 1.14 bits per heavy atom. The molecule has 9 heteroatoms. The van der Waals surface area contributed by atoms with Gasteiger partial charge in [0.1, 0.15) is 10.7 Å². The zero-order chi connectivity index (χ0) is 21.2. The maximum Gasteiger partial charge on any atom is 0.244 e. The van der Waals surface area contributed by atoms with E-state index in [0.29, 0.717) is 25.1 Å². The summed E-state index contributed by atoms with van der Waals surface area (Å²) in [5.41, 5.74) is 0.625. The number of sulfonamides is 1. The molecular formula is C20H21Cl2FN2O3S. The van der Waals surface area contributed by atoms with Crippen LogP contribution in [-0.2, 0) is 14.8 Å². The largest absolute Gasteiger partial charge is 0.312 e. The number of piperidine rings is 1. The lowest BCUT2D eigenvalue weighted by atomic mass is 9.96. The molecule has 1 aliphatic rings. The van der Waals surface area contributed by atoms with Crippen molar-refractivity contribution in [1.82, 2.24) is 4.31 Å². The molecule has 0 unspecified atom stereocenters. The molecule has 0 bridgehead atoms. The fraction of sp³-hybridized carbons (Fsp3) is 0.350. The average Bonchev–Trinajstić information content (AvgIpc) is 2.71. The summed E-state index contributed by atoms with van der Waals surface area (Å²) in [7, 11) is -3.80. The van der Waals surface area contributed by atoms with E-state index in [1.54, 1.807) is 17.0 Å². The van der Waals surface area contributed by atoms with Gasteiger partial charge in [-0.05, 0) is 62.2 Å². The van der Waals surface area contributed by atoms with E-state index < -0.39 is 10.0 Å². The fourth-order valence-electron chi connectivity index (χ4n) is 3.46. The van der Waals surface area contributed by atoms with E-state index in [0.717, 1.165) is 0 Å². The molecule has 0 atom stereocenters. The van der Waals surface area contributed by atoms with Crippen LogP contribution in [-0.4, -0.2) is 38.3 Å². The zero-order valence-corrected chi connectivity index (χ0v) is 18.1. The van der Waals surface area contributed by atoms with Crippen LogP contribution >= 0.6 is 23.2 Å². The highest BCUT2D eigenvalue weighted by atomic mass is 35.5. The summed E-state index contributed by atoms with van der Waals surface area (Å²) in [6.07, 6.45) is 0.794. The van der Waals surface area contributed by atoms with Crippen molar-refractivity contribution in [2.75, 3.05) is 24.5 Å². The molecule has 5 nitrogen and oxygen atoms in total. The van der Waals surface area contributed by atoms with Crippen molar-refractivity contribution in [3.05, 3.63) is 58.3 Å². The smallest absolute Gasteiger partial charge is 0.244 e. The summed E-state index contributed by atoms with van der Waals surface area (Å²) in [5, 5.41) is 0.400. The van der Waals surface area contributed by atoms with E-state index in [1.165, 1.54) is 34.6 Å². The quantitative estimate of drug-likeness (QED) is 0.658. The molecule has 29 heavy (non-hydrogen) atoms. The molecule has 1 fully saturated rings. The second kappa shape index (κ2) is 9.00. The molecule has 0 aliphatic carbocycles. The average molecular weight is 459 g/mol. The first-order chi connectivity index (χ1) is 13.7. The van der Waals surface area contributed by atoms with Crippen molar-refractivity contribution >= 4 is 44.8 Å². The van der Waals surface area contributed by atoms with Crippen molar-refractivity contribution in [3.8, 4) is 0 Å². The molecule has 2 aromatic rings. The Morgan fingerprint density at radius 3 is 2.34 bits per heavy atom. The van der Waals surface area contributed by atoms with Gasteiger partial charge < -0.3 is 4.90 Å². The lowest BCUT2D eigenvalue weighted by Gasteiger charge is -2.33. The van der Waals surface area contributed by atoms with Crippen LogP contribution in [0.25, 0.3) is 0 Å². The first kappa shape index (κ1) is 22.0. The van der Waals surface area contributed by atoms with Crippen molar-refractivity contribution in [3.63, 3.8) is 0 Å². The lowest BCUT2D eigenvalue weighted by Crippen LogP contribution is -2.44. The third-order valence-electron chi connectivity index (χ3n) is 5.03. The molecule has 0 radical (unpaired) electrons. The molecule has 1 amide bonds. The molecule has 1 aliphatic heterocycles. The second-order valence-electron chi connectivity index (χ2n) is 6.81. The van der Waals surface area contributed by atoms with E-state index in [4.69, 9.17) is 23.2 Å². The van der Waals surface area contributed by atoms with Crippen LogP contribution in [0.15, 0.2) is 47.4 Å². The number of carbonyl (C=O) groups excluding carboxylic acids is 1. The first-order valence-corrected chi connectivity index (χ1v) is 11.5. The van der Waals surface area contributed by atoms with Gasteiger partial charge in [-0.15, -0.1) is 0 Å². The fourth-order valence-corrected chi connectivity index (χ4v) is 5.67. The Labute approximate surface area is 180 Å². The summed E-state index contributed by atoms with van der Waals surface area (Å²) < 4.78 is 40.4. The van der Waals surface area contributed by atoms with E-state index in [1.807, 2.05) is 6.92 Å². The van der Waals surface area contributed by atoms with Crippen LogP contribution < -0.4 is 4.90 Å². The Bertz CT molecular complexity index is 991. The number of halogens is 3. The maximum atomic E-state index is 13.2. The topological polar surface area (TPSA) is 57.7 Å². The minimum Gasteiger partial charge on any atom is -0.312 e. The molecule has 0 spiro atoms. The van der Waals surface area contributed by atoms with Gasteiger partial charge >= 0.3 is 0 Å². The maximum absolute atomic E-state index is 13.2. The molecule has 156 valence electrons. The van der Waals surface area contributed by atoms with Crippen molar-refractivity contribution in [1.29, 1.82) is 0 Å². The zero-order valence-electron chi connectivity index (χ0n) is 15.8. The summed E-state index contributed by atoms with van der Waals surface area (Å²) in [6.45, 7) is 2.72. The molecule has 1 heterocycles. The highest BCUT2D eigenvalue weighted by molar-refractivity contribution is 7.89. The summed E-state index contributed by atoms with van der Waals surface area (Å²) >= 11 is 12.0. The third-order valence-corrected chi connectivity index (χ3v) is 7.65. The molecule has 1 saturated heterocycles. The predicted octanol–water partition coefficient (Wildman–Crippen LogP) is 4.59. The number of nitrogens with zero attached hydrogens (tertiary/aromatic N) is 2. The van der Waals surface area contributed by atoms with Crippen molar-refractivity contribution in [2.45, 2.75) is 24.7 Å². The minimum atomic E-state index is -3.80. The van der Waals surface area contributed by atoms with Gasteiger partial charge in [-0.25, -0.2) is 12.8 Å². The Morgan fingerprint density at radius 2 is 1.76 bits per heavy atom.